The van der Waals surface area contributed by atoms with Crippen LogP contribution in [0, 0.1) is 0 Å². The molecule has 0 aliphatic carbocycles. The topological polar surface area (TPSA) is 21.3 Å². The predicted molar refractivity (Wildman–Crippen MR) is 62.5 cm³/mol. The molecule has 2 heteroatoms. The molecule has 1 N–H and O–H groups in total. The molecular weight excluding hydrogens is 186 g/mol. The van der Waals surface area contributed by atoms with E-state index in [9.17, 15) is 0 Å². The van der Waals surface area contributed by atoms with E-state index in [2.05, 4.69) is 23.5 Å². The van der Waals surface area contributed by atoms with Crippen molar-refractivity contribution in [1.82, 2.24) is 5.32 Å². The van der Waals surface area contributed by atoms with Crippen LogP contribution in [-0.4, -0.2) is 20.2 Å². The number of hydrogen-bond acceptors (Lipinski definition) is 2. The molecule has 1 aromatic carbocycles. The molecule has 15 heavy (non-hydrogen) atoms. The summed E-state index contributed by atoms with van der Waals surface area (Å²) in [6, 6.07) is 6.63. The number of unbranched alkanes of at least 4 members (excludes halogenated alkanes) is 1. The minimum Gasteiger partial charge on any atom is -0.493 e. The fraction of sp³-hybridized carbons (Fsp3) is 0.538. The summed E-state index contributed by atoms with van der Waals surface area (Å²) in [5.41, 5.74) is 2.84. The van der Waals surface area contributed by atoms with Gasteiger partial charge in [0, 0.05) is 6.42 Å². The maximum Gasteiger partial charge on any atom is 0.122 e. The predicted octanol–water partition coefficient (Wildman–Crippen LogP) is 2.16. The van der Waals surface area contributed by atoms with E-state index < -0.39 is 0 Å². The SMILES string of the molecule is CNCCCCc1ccc2c(c1)CCO2. The van der Waals surface area contributed by atoms with Crippen molar-refractivity contribution >= 4 is 0 Å². The molecule has 0 bridgehead atoms. The lowest BCUT2D eigenvalue weighted by molar-refractivity contribution is 0.357. The lowest BCUT2D eigenvalue weighted by Crippen LogP contribution is -2.07. The van der Waals surface area contributed by atoms with Gasteiger partial charge in [-0.1, -0.05) is 12.1 Å². The van der Waals surface area contributed by atoms with Gasteiger partial charge in [0.1, 0.15) is 5.75 Å². The quantitative estimate of drug-likeness (QED) is 0.744. The van der Waals surface area contributed by atoms with E-state index in [1.807, 2.05) is 7.05 Å². The van der Waals surface area contributed by atoms with Crippen molar-refractivity contribution in [3.05, 3.63) is 29.3 Å². The normalized spacial score (nSPS) is 13.7. The molecule has 82 valence electrons. The second kappa shape index (κ2) is 5.17. The third kappa shape index (κ3) is 2.72. The second-order valence-electron chi connectivity index (χ2n) is 4.10. The fourth-order valence-corrected chi connectivity index (χ4v) is 2.03. The van der Waals surface area contributed by atoms with Crippen molar-refractivity contribution in [1.29, 1.82) is 0 Å². The third-order valence-corrected chi connectivity index (χ3v) is 2.90. The maximum absolute atomic E-state index is 5.49. The molecule has 0 fully saturated rings. The summed E-state index contributed by atoms with van der Waals surface area (Å²) in [6.07, 6.45) is 4.79. The van der Waals surface area contributed by atoms with Gasteiger partial charge in [-0.15, -0.1) is 0 Å². The van der Waals surface area contributed by atoms with E-state index in [0.29, 0.717) is 0 Å². The van der Waals surface area contributed by atoms with Gasteiger partial charge in [0.15, 0.2) is 0 Å². The van der Waals surface area contributed by atoms with Crippen molar-refractivity contribution in [2.24, 2.45) is 0 Å². The average molecular weight is 205 g/mol. The van der Waals surface area contributed by atoms with Crippen molar-refractivity contribution in [3.63, 3.8) is 0 Å². The zero-order valence-electron chi connectivity index (χ0n) is 9.38. The third-order valence-electron chi connectivity index (χ3n) is 2.90. The summed E-state index contributed by atoms with van der Waals surface area (Å²) >= 11 is 0. The molecule has 2 rings (SSSR count). The highest BCUT2D eigenvalue weighted by Crippen LogP contribution is 2.26. The van der Waals surface area contributed by atoms with Crippen LogP contribution < -0.4 is 10.1 Å². The van der Waals surface area contributed by atoms with Crippen LogP contribution in [-0.2, 0) is 12.8 Å². The minimum absolute atomic E-state index is 0.860. The molecule has 0 saturated carbocycles. The Balaban J connectivity index is 1.87. The number of fused-ring (bicyclic) bond motifs is 1. The lowest BCUT2D eigenvalue weighted by Gasteiger charge is -2.04. The molecule has 0 amide bonds. The first kappa shape index (κ1) is 10.5. The largest absolute Gasteiger partial charge is 0.493 e. The zero-order valence-corrected chi connectivity index (χ0v) is 9.38. The highest BCUT2D eigenvalue weighted by molar-refractivity contribution is 5.39. The molecule has 0 unspecified atom stereocenters. The molecule has 0 atom stereocenters. The van der Waals surface area contributed by atoms with Crippen LogP contribution in [0.25, 0.3) is 0 Å². The molecule has 0 saturated heterocycles. The molecule has 0 spiro atoms. The van der Waals surface area contributed by atoms with Crippen molar-refractivity contribution in [3.8, 4) is 5.75 Å². The van der Waals surface area contributed by atoms with Gasteiger partial charge in [0.05, 0.1) is 6.61 Å². The summed E-state index contributed by atoms with van der Waals surface area (Å²) in [5.74, 6) is 1.09. The van der Waals surface area contributed by atoms with E-state index in [1.165, 1.54) is 30.4 Å². The van der Waals surface area contributed by atoms with Crippen molar-refractivity contribution in [2.45, 2.75) is 25.7 Å². The van der Waals surface area contributed by atoms with Crippen LogP contribution in [0.15, 0.2) is 18.2 Å². The van der Waals surface area contributed by atoms with E-state index in [1.54, 1.807) is 0 Å². The van der Waals surface area contributed by atoms with Crippen LogP contribution in [0.1, 0.15) is 24.0 Å². The minimum atomic E-state index is 0.860. The van der Waals surface area contributed by atoms with E-state index in [4.69, 9.17) is 4.74 Å². The zero-order chi connectivity index (χ0) is 10.5. The summed E-state index contributed by atoms with van der Waals surface area (Å²) in [6.45, 7) is 1.98. The van der Waals surface area contributed by atoms with Gasteiger partial charge >= 0.3 is 0 Å². The molecule has 0 radical (unpaired) electrons. The van der Waals surface area contributed by atoms with Gasteiger partial charge in [-0.2, -0.15) is 0 Å². The van der Waals surface area contributed by atoms with Gasteiger partial charge in [-0.05, 0) is 50.0 Å². The molecule has 1 aliphatic rings. The first-order valence-corrected chi connectivity index (χ1v) is 5.79. The van der Waals surface area contributed by atoms with Gasteiger partial charge < -0.3 is 10.1 Å². The summed E-state index contributed by atoms with van der Waals surface area (Å²) in [7, 11) is 2.01. The smallest absolute Gasteiger partial charge is 0.122 e. The molecule has 1 heterocycles. The van der Waals surface area contributed by atoms with Gasteiger partial charge in [0.2, 0.25) is 0 Å². The number of rotatable bonds is 5. The van der Waals surface area contributed by atoms with Crippen LogP contribution in [0.5, 0.6) is 5.75 Å². The maximum atomic E-state index is 5.49. The number of aryl methyl sites for hydroxylation is 1. The van der Waals surface area contributed by atoms with Crippen LogP contribution in [0.2, 0.25) is 0 Å². The first-order chi connectivity index (χ1) is 7.40. The van der Waals surface area contributed by atoms with Gasteiger partial charge in [0.25, 0.3) is 0 Å². The van der Waals surface area contributed by atoms with Crippen LogP contribution in [0.4, 0.5) is 0 Å². The Hall–Kier alpha value is -1.02. The van der Waals surface area contributed by atoms with Gasteiger partial charge in [-0.3, -0.25) is 0 Å². The second-order valence-corrected chi connectivity index (χ2v) is 4.10. The molecule has 0 aromatic heterocycles. The summed E-state index contributed by atoms with van der Waals surface area (Å²) in [4.78, 5) is 0. The van der Waals surface area contributed by atoms with E-state index >= 15 is 0 Å². The van der Waals surface area contributed by atoms with Gasteiger partial charge in [-0.25, -0.2) is 0 Å². The standard InChI is InChI=1S/C13H19NO/c1-14-8-3-2-4-11-5-6-13-12(10-11)7-9-15-13/h5-6,10,14H,2-4,7-9H2,1H3. The molecule has 1 aliphatic heterocycles. The van der Waals surface area contributed by atoms with Crippen LogP contribution in [0.3, 0.4) is 0 Å². The number of nitrogens with one attached hydrogen (secondary N) is 1. The highest BCUT2D eigenvalue weighted by atomic mass is 16.5. The number of ether oxygens (including phenoxy) is 1. The number of hydrogen-bond donors (Lipinski definition) is 1. The Morgan fingerprint density at radius 3 is 3.13 bits per heavy atom. The summed E-state index contributed by atoms with van der Waals surface area (Å²) in [5, 5.41) is 3.18. The van der Waals surface area contributed by atoms with E-state index in [0.717, 1.165) is 25.3 Å². The van der Waals surface area contributed by atoms with E-state index in [-0.39, 0.29) is 0 Å². The Labute approximate surface area is 91.6 Å². The van der Waals surface area contributed by atoms with Crippen molar-refractivity contribution in [2.75, 3.05) is 20.2 Å². The Morgan fingerprint density at radius 1 is 1.33 bits per heavy atom. The highest BCUT2D eigenvalue weighted by Gasteiger charge is 2.11. The van der Waals surface area contributed by atoms with Crippen LogP contribution >= 0.6 is 0 Å². The Kier molecular flexibility index (Phi) is 3.62. The molecule has 1 aromatic rings. The Bertz CT molecular complexity index is 322. The molecular formula is C13H19NO. The fourth-order valence-electron chi connectivity index (χ4n) is 2.03. The molecule has 2 nitrogen and oxygen atoms in total. The first-order valence-electron chi connectivity index (χ1n) is 5.79. The monoisotopic (exact) mass is 205 g/mol. The number of benzene rings is 1. The van der Waals surface area contributed by atoms with Crippen molar-refractivity contribution < 1.29 is 4.74 Å². The average Bonchev–Trinajstić information content (AvgIpc) is 2.71. The Morgan fingerprint density at radius 2 is 2.27 bits per heavy atom. The lowest BCUT2D eigenvalue weighted by atomic mass is 10.0. The summed E-state index contributed by atoms with van der Waals surface area (Å²) < 4.78 is 5.49.